The fourth-order valence-corrected chi connectivity index (χ4v) is 2.53. The molecule has 102 valence electrons. The minimum Gasteiger partial charge on any atom is -0.389 e. The van der Waals surface area contributed by atoms with Gasteiger partial charge in [0.25, 0.3) is 5.91 Å². The van der Waals surface area contributed by atoms with Crippen LogP contribution in [-0.4, -0.2) is 17.9 Å². The zero-order valence-electron chi connectivity index (χ0n) is 10.8. The number of para-hydroxylation sites is 1. The SMILES string of the molecule is CN(C(=O)c1ccccc1Br)c1ccccc1C(N)=S. The van der Waals surface area contributed by atoms with Crippen LogP contribution in [0.15, 0.2) is 53.0 Å². The molecular formula is C15H13BrN2OS. The highest BCUT2D eigenvalue weighted by Gasteiger charge is 2.18. The van der Waals surface area contributed by atoms with Gasteiger partial charge in [0, 0.05) is 17.1 Å². The summed E-state index contributed by atoms with van der Waals surface area (Å²) in [5, 5.41) is 0. The topological polar surface area (TPSA) is 46.3 Å². The first kappa shape index (κ1) is 14.7. The maximum Gasteiger partial charge on any atom is 0.259 e. The van der Waals surface area contributed by atoms with Gasteiger partial charge in [0.1, 0.15) is 4.99 Å². The van der Waals surface area contributed by atoms with Crippen molar-refractivity contribution >= 4 is 44.7 Å². The number of rotatable bonds is 3. The van der Waals surface area contributed by atoms with Gasteiger partial charge in [-0.15, -0.1) is 0 Å². The van der Waals surface area contributed by atoms with Crippen LogP contribution in [0.25, 0.3) is 0 Å². The van der Waals surface area contributed by atoms with Crippen molar-refractivity contribution in [3.63, 3.8) is 0 Å². The van der Waals surface area contributed by atoms with Gasteiger partial charge in [-0.2, -0.15) is 0 Å². The van der Waals surface area contributed by atoms with Crippen molar-refractivity contribution < 1.29 is 4.79 Å². The zero-order valence-corrected chi connectivity index (χ0v) is 13.2. The Hall–Kier alpha value is -1.72. The second kappa shape index (κ2) is 6.15. The van der Waals surface area contributed by atoms with Crippen molar-refractivity contribution in [1.82, 2.24) is 0 Å². The number of nitrogens with zero attached hydrogens (tertiary/aromatic N) is 1. The Labute approximate surface area is 131 Å². The minimum absolute atomic E-state index is 0.124. The number of carbonyl (C=O) groups excluding carboxylic acids is 1. The number of amides is 1. The number of hydrogen-bond donors (Lipinski definition) is 1. The second-order valence-corrected chi connectivity index (χ2v) is 5.52. The lowest BCUT2D eigenvalue weighted by Gasteiger charge is -2.21. The van der Waals surface area contributed by atoms with Crippen LogP contribution < -0.4 is 10.6 Å². The van der Waals surface area contributed by atoms with Crippen LogP contribution in [0.2, 0.25) is 0 Å². The summed E-state index contributed by atoms with van der Waals surface area (Å²) in [5.41, 5.74) is 7.68. The predicted molar refractivity (Wildman–Crippen MR) is 89.2 cm³/mol. The molecule has 20 heavy (non-hydrogen) atoms. The van der Waals surface area contributed by atoms with Gasteiger partial charge in [0.2, 0.25) is 0 Å². The molecule has 0 atom stereocenters. The molecule has 0 saturated carbocycles. The molecule has 0 spiro atoms. The average molecular weight is 349 g/mol. The molecule has 0 aliphatic heterocycles. The molecule has 2 rings (SSSR count). The molecule has 2 aromatic carbocycles. The first-order valence-corrected chi connectivity index (χ1v) is 7.14. The van der Waals surface area contributed by atoms with E-state index in [0.29, 0.717) is 16.8 Å². The summed E-state index contributed by atoms with van der Waals surface area (Å²) in [6.45, 7) is 0. The largest absolute Gasteiger partial charge is 0.389 e. The van der Waals surface area contributed by atoms with E-state index in [1.165, 1.54) is 0 Å². The zero-order chi connectivity index (χ0) is 14.7. The molecule has 5 heteroatoms. The summed E-state index contributed by atoms with van der Waals surface area (Å²) in [4.78, 5) is 14.4. The number of nitrogens with two attached hydrogens (primary N) is 1. The smallest absolute Gasteiger partial charge is 0.259 e. The third kappa shape index (κ3) is 2.89. The molecule has 0 radical (unpaired) electrons. The summed E-state index contributed by atoms with van der Waals surface area (Å²) in [5.74, 6) is -0.124. The lowest BCUT2D eigenvalue weighted by Crippen LogP contribution is -2.29. The Morgan fingerprint density at radius 3 is 2.25 bits per heavy atom. The number of halogens is 1. The number of thiocarbonyl (C=S) groups is 1. The van der Waals surface area contributed by atoms with E-state index in [-0.39, 0.29) is 10.9 Å². The fourth-order valence-electron chi connectivity index (χ4n) is 1.90. The van der Waals surface area contributed by atoms with Gasteiger partial charge in [-0.1, -0.05) is 36.5 Å². The highest BCUT2D eigenvalue weighted by atomic mass is 79.9. The van der Waals surface area contributed by atoms with E-state index in [1.54, 1.807) is 18.0 Å². The number of anilines is 1. The molecule has 1 amide bonds. The molecule has 0 aromatic heterocycles. The number of hydrogen-bond acceptors (Lipinski definition) is 2. The van der Waals surface area contributed by atoms with Crippen molar-refractivity contribution in [1.29, 1.82) is 0 Å². The maximum absolute atomic E-state index is 12.6. The third-order valence-corrected chi connectivity index (χ3v) is 3.85. The average Bonchev–Trinajstić information content (AvgIpc) is 2.46. The van der Waals surface area contributed by atoms with Gasteiger partial charge in [0.15, 0.2) is 0 Å². The quantitative estimate of drug-likeness (QED) is 0.865. The van der Waals surface area contributed by atoms with E-state index in [9.17, 15) is 4.79 Å². The molecular weight excluding hydrogens is 336 g/mol. The number of carbonyl (C=O) groups is 1. The van der Waals surface area contributed by atoms with Gasteiger partial charge < -0.3 is 10.6 Å². The standard InChI is InChI=1S/C15H13BrN2OS/c1-18(13-9-5-3-7-11(13)14(17)20)15(19)10-6-2-4-8-12(10)16/h2-9H,1H3,(H2,17,20). The van der Waals surface area contributed by atoms with E-state index in [0.717, 1.165) is 4.47 Å². The van der Waals surface area contributed by atoms with Crippen LogP contribution in [0.3, 0.4) is 0 Å². The second-order valence-electron chi connectivity index (χ2n) is 4.23. The lowest BCUT2D eigenvalue weighted by atomic mass is 10.1. The molecule has 0 fully saturated rings. The maximum atomic E-state index is 12.6. The molecule has 0 unspecified atom stereocenters. The van der Waals surface area contributed by atoms with Crippen LogP contribution in [0.5, 0.6) is 0 Å². The van der Waals surface area contributed by atoms with E-state index < -0.39 is 0 Å². The van der Waals surface area contributed by atoms with Crippen molar-refractivity contribution in [3.05, 3.63) is 64.1 Å². The minimum atomic E-state index is -0.124. The van der Waals surface area contributed by atoms with Gasteiger partial charge in [-0.25, -0.2) is 0 Å². The highest BCUT2D eigenvalue weighted by molar-refractivity contribution is 9.10. The molecule has 0 bridgehead atoms. The summed E-state index contributed by atoms with van der Waals surface area (Å²) < 4.78 is 0.754. The molecule has 0 aliphatic rings. The Morgan fingerprint density at radius 1 is 1.10 bits per heavy atom. The van der Waals surface area contributed by atoms with Crippen molar-refractivity contribution in [2.75, 3.05) is 11.9 Å². The van der Waals surface area contributed by atoms with E-state index in [4.69, 9.17) is 18.0 Å². The van der Waals surface area contributed by atoms with E-state index in [1.807, 2.05) is 42.5 Å². The first-order chi connectivity index (χ1) is 9.52. The Bertz CT molecular complexity index is 672. The van der Waals surface area contributed by atoms with Crippen molar-refractivity contribution in [2.24, 2.45) is 5.73 Å². The van der Waals surface area contributed by atoms with Crippen molar-refractivity contribution in [3.8, 4) is 0 Å². The highest BCUT2D eigenvalue weighted by Crippen LogP contribution is 2.24. The fraction of sp³-hybridized carbons (Fsp3) is 0.0667. The Kier molecular flexibility index (Phi) is 4.52. The van der Waals surface area contributed by atoms with Gasteiger partial charge in [-0.3, -0.25) is 4.79 Å². The van der Waals surface area contributed by atoms with Gasteiger partial charge in [-0.05, 0) is 40.2 Å². The molecule has 0 saturated heterocycles. The Balaban J connectivity index is 2.42. The van der Waals surface area contributed by atoms with Crippen LogP contribution in [-0.2, 0) is 0 Å². The van der Waals surface area contributed by atoms with Crippen LogP contribution in [0.4, 0.5) is 5.69 Å². The summed E-state index contributed by atoms with van der Waals surface area (Å²) in [6.07, 6.45) is 0. The van der Waals surface area contributed by atoms with E-state index in [2.05, 4.69) is 15.9 Å². The summed E-state index contributed by atoms with van der Waals surface area (Å²) in [6, 6.07) is 14.6. The van der Waals surface area contributed by atoms with Crippen molar-refractivity contribution in [2.45, 2.75) is 0 Å². The lowest BCUT2D eigenvalue weighted by molar-refractivity contribution is 0.0992. The van der Waals surface area contributed by atoms with Crippen LogP contribution in [0.1, 0.15) is 15.9 Å². The normalized spacial score (nSPS) is 10.1. The van der Waals surface area contributed by atoms with Crippen LogP contribution >= 0.6 is 28.1 Å². The summed E-state index contributed by atoms with van der Waals surface area (Å²) >= 11 is 8.42. The number of benzene rings is 2. The van der Waals surface area contributed by atoms with Gasteiger partial charge >= 0.3 is 0 Å². The molecule has 2 N–H and O–H groups in total. The van der Waals surface area contributed by atoms with Gasteiger partial charge in [0.05, 0.1) is 11.3 Å². The summed E-state index contributed by atoms with van der Waals surface area (Å²) in [7, 11) is 1.71. The molecule has 2 aromatic rings. The Morgan fingerprint density at radius 2 is 1.65 bits per heavy atom. The molecule has 3 nitrogen and oxygen atoms in total. The first-order valence-electron chi connectivity index (χ1n) is 5.94. The predicted octanol–water partition coefficient (Wildman–Crippen LogP) is 3.36. The monoisotopic (exact) mass is 348 g/mol. The van der Waals surface area contributed by atoms with Crippen LogP contribution in [0, 0.1) is 0 Å². The van der Waals surface area contributed by atoms with E-state index >= 15 is 0 Å². The third-order valence-electron chi connectivity index (χ3n) is 2.94. The molecule has 0 heterocycles. The molecule has 0 aliphatic carbocycles.